The van der Waals surface area contributed by atoms with Gasteiger partial charge in [0, 0.05) is 19.3 Å². The minimum absolute atomic E-state index is 0.122. The molecule has 1 saturated heterocycles. The van der Waals surface area contributed by atoms with Gasteiger partial charge in [0.05, 0.1) is 51.4 Å². The van der Waals surface area contributed by atoms with E-state index in [0.717, 1.165) is 18.4 Å². The lowest BCUT2D eigenvalue weighted by molar-refractivity contribution is -0.134. The van der Waals surface area contributed by atoms with Crippen molar-refractivity contribution in [2.45, 2.75) is 90.4 Å². The third-order valence-electron chi connectivity index (χ3n) is 7.35. The molecule has 0 spiro atoms. The second-order valence-electron chi connectivity index (χ2n) is 12.6. The molecule has 12 heteroatoms. The van der Waals surface area contributed by atoms with E-state index in [4.69, 9.17) is 18.9 Å². The van der Waals surface area contributed by atoms with Crippen LogP contribution in [-0.2, 0) is 38.1 Å². The van der Waals surface area contributed by atoms with Crippen molar-refractivity contribution in [3.05, 3.63) is 23.8 Å². The molecule has 1 fully saturated rings. The van der Waals surface area contributed by atoms with Crippen molar-refractivity contribution in [2.75, 3.05) is 58.3 Å². The molecule has 0 aromatic carbocycles. The van der Waals surface area contributed by atoms with E-state index in [9.17, 15) is 19.2 Å². The van der Waals surface area contributed by atoms with Crippen LogP contribution >= 0.6 is 11.8 Å². The van der Waals surface area contributed by atoms with Crippen molar-refractivity contribution >= 4 is 35.3 Å². The van der Waals surface area contributed by atoms with Crippen molar-refractivity contribution in [3.8, 4) is 0 Å². The number of thioether (sulfide) groups is 1. The molecule has 2 aliphatic rings. The van der Waals surface area contributed by atoms with Crippen LogP contribution in [0.1, 0.15) is 66.7 Å². The fourth-order valence-electron chi connectivity index (χ4n) is 4.82. The van der Waals surface area contributed by atoms with Crippen molar-refractivity contribution in [1.82, 2.24) is 16.0 Å². The summed E-state index contributed by atoms with van der Waals surface area (Å²) in [6.45, 7) is 12.5. The van der Waals surface area contributed by atoms with Crippen LogP contribution in [0, 0.1) is 11.8 Å². The highest BCUT2D eigenvalue weighted by atomic mass is 32.2. The normalized spacial score (nSPS) is 19.5. The van der Waals surface area contributed by atoms with Gasteiger partial charge in [-0.1, -0.05) is 45.9 Å². The maximum absolute atomic E-state index is 13.7. The molecule has 1 heterocycles. The van der Waals surface area contributed by atoms with E-state index in [1.54, 1.807) is 14.0 Å². The number of carbonyl (C=O) groups is 4. The molecule has 0 unspecified atom stereocenters. The molecular weight excluding hydrogens is 598 g/mol. The van der Waals surface area contributed by atoms with E-state index in [0.29, 0.717) is 58.2 Å². The molecule has 0 aromatic rings. The summed E-state index contributed by atoms with van der Waals surface area (Å²) in [5.74, 6) is -0.193. The van der Waals surface area contributed by atoms with E-state index < -0.39 is 35.5 Å². The maximum Gasteiger partial charge on any atom is 0.243 e. The molecule has 0 aromatic heterocycles. The third kappa shape index (κ3) is 15.7. The second kappa shape index (κ2) is 20.8. The topological polar surface area (TPSA) is 145 Å². The Labute approximate surface area is 273 Å². The molecule has 11 nitrogen and oxygen atoms in total. The largest absolute Gasteiger partial charge is 0.382 e. The fourth-order valence-corrected chi connectivity index (χ4v) is 5.47. The Balaban J connectivity index is 1.99. The van der Waals surface area contributed by atoms with Gasteiger partial charge in [0.1, 0.15) is 17.7 Å². The Bertz CT molecular complexity index is 1010. The zero-order valence-corrected chi connectivity index (χ0v) is 28.8. The summed E-state index contributed by atoms with van der Waals surface area (Å²) in [6, 6.07) is -2.45. The van der Waals surface area contributed by atoms with Gasteiger partial charge in [-0.15, -0.1) is 11.8 Å². The first kappa shape index (κ1) is 38.9. The van der Waals surface area contributed by atoms with Crippen LogP contribution in [0.25, 0.3) is 0 Å². The molecular formula is C33H55N3O8S. The molecule has 0 saturated carbocycles. The Kier molecular flexibility index (Phi) is 18.0. The Morgan fingerprint density at radius 1 is 0.867 bits per heavy atom. The molecule has 256 valence electrons. The van der Waals surface area contributed by atoms with Gasteiger partial charge in [-0.2, -0.15) is 0 Å². The number of epoxide rings is 1. The van der Waals surface area contributed by atoms with Gasteiger partial charge in [-0.3, -0.25) is 19.2 Å². The van der Waals surface area contributed by atoms with Gasteiger partial charge >= 0.3 is 0 Å². The van der Waals surface area contributed by atoms with Crippen LogP contribution in [0.2, 0.25) is 0 Å². The highest BCUT2D eigenvalue weighted by Crippen LogP contribution is 2.30. The average molecular weight is 654 g/mol. The van der Waals surface area contributed by atoms with Crippen LogP contribution in [-0.4, -0.2) is 105 Å². The Morgan fingerprint density at radius 3 is 2.07 bits per heavy atom. The number of amides is 3. The third-order valence-corrected chi connectivity index (χ3v) is 8.27. The van der Waals surface area contributed by atoms with Crippen molar-refractivity contribution in [2.24, 2.45) is 11.8 Å². The van der Waals surface area contributed by atoms with E-state index >= 15 is 0 Å². The first-order valence-corrected chi connectivity index (χ1v) is 17.3. The minimum atomic E-state index is -0.918. The summed E-state index contributed by atoms with van der Waals surface area (Å²) in [5, 5.41) is 8.69. The van der Waals surface area contributed by atoms with Gasteiger partial charge in [-0.05, 0) is 50.0 Å². The Morgan fingerprint density at radius 2 is 1.47 bits per heavy atom. The van der Waals surface area contributed by atoms with Gasteiger partial charge in [0.15, 0.2) is 5.78 Å². The van der Waals surface area contributed by atoms with E-state index in [-0.39, 0.29) is 35.7 Å². The lowest BCUT2D eigenvalue weighted by Gasteiger charge is -2.27. The molecule has 4 atom stereocenters. The number of hydrogen-bond donors (Lipinski definition) is 3. The number of methoxy groups -OCH3 is 1. The van der Waals surface area contributed by atoms with Gasteiger partial charge in [0.25, 0.3) is 0 Å². The van der Waals surface area contributed by atoms with Gasteiger partial charge < -0.3 is 34.9 Å². The monoisotopic (exact) mass is 653 g/mol. The summed E-state index contributed by atoms with van der Waals surface area (Å²) in [6.07, 6.45) is 9.00. The summed E-state index contributed by atoms with van der Waals surface area (Å²) in [7, 11) is 1.62. The summed E-state index contributed by atoms with van der Waals surface area (Å²) in [4.78, 5) is 53.3. The smallest absolute Gasteiger partial charge is 0.243 e. The Hall–Kier alpha value is -2.25. The van der Waals surface area contributed by atoms with E-state index in [1.807, 2.05) is 39.8 Å². The summed E-state index contributed by atoms with van der Waals surface area (Å²) in [5.41, 5.74) is 0.0608. The average Bonchev–Trinajstić information content (AvgIpc) is 3.74. The number of hydrogen-bond acceptors (Lipinski definition) is 9. The quantitative estimate of drug-likeness (QED) is 0.106. The first-order valence-electron chi connectivity index (χ1n) is 16.1. The van der Waals surface area contributed by atoms with Crippen molar-refractivity contribution < 1.29 is 38.1 Å². The predicted octanol–water partition coefficient (Wildman–Crippen LogP) is 2.97. The van der Waals surface area contributed by atoms with Gasteiger partial charge in [-0.25, -0.2) is 0 Å². The molecule has 0 radical (unpaired) electrons. The molecule has 1 aliphatic carbocycles. The van der Waals surface area contributed by atoms with E-state index in [1.165, 1.54) is 11.8 Å². The maximum atomic E-state index is 13.7. The second-order valence-corrected chi connectivity index (χ2v) is 13.7. The molecule has 2 rings (SSSR count). The van der Waals surface area contributed by atoms with Crippen LogP contribution in [0.5, 0.6) is 0 Å². The first-order chi connectivity index (χ1) is 21.4. The minimum Gasteiger partial charge on any atom is -0.382 e. The van der Waals surface area contributed by atoms with Gasteiger partial charge in [0.2, 0.25) is 17.7 Å². The number of carbonyl (C=O) groups excluding carboxylic acids is 4. The summed E-state index contributed by atoms with van der Waals surface area (Å²) >= 11 is 1.42. The van der Waals surface area contributed by atoms with Crippen LogP contribution in [0.3, 0.4) is 0 Å². The van der Waals surface area contributed by atoms with Crippen molar-refractivity contribution in [1.29, 1.82) is 0 Å². The highest BCUT2D eigenvalue weighted by Gasteiger charge is 2.50. The molecule has 45 heavy (non-hydrogen) atoms. The van der Waals surface area contributed by atoms with Crippen LogP contribution in [0.15, 0.2) is 23.8 Å². The SMILES string of the molecule is COCCOCCOCCSCC(=O)N[C@@H](CC(C)C)C(=O)N[C@@H](CC1=CCCC=C1)C(=O)N[C@@H](CC(C)C)C(=O)[C@@]1(C)CO1. The zero-order valence-electron chi connectivity index (χ0n) is 28.0. The number of allylic oxidation sites excluding steroid dienone is 3. The van der Waals surface area contributed by atoms with E-state index in [2.05, 4.69) is 22.0 Å². The zero-order chi connectivity index (χ0) is 33.2. The lowest BCUT2D eigenvalue weighted by atomic mass is 9.92. The molecule has 1 aliphatic heterocycles. The molecule has 0 bridgehead atoms. The predicted molar refractivity (Wildman–Crippen MR) is 176 cm³/mol. The highest BCUT2D eigenvalue weighted by molar-refractivity contribution is 7.99. The number of ketones is 1. The molecule has 3 amide bonds. The number of nitrogens with one attached hydrogen (secondary N) is 3. The standard InChI is InChI=1S/C33H55N3O8S/c1-23(2)18-26(30(38)33(5)22-44-33)35-32(40)28(20-25-10-8-7-9-11-25)36-31(39)27(19-24(3)4)34-29(37)21-45-17-16-43-15-14-42-13-12-41-6/h8,10-11,23-24,26-28H,7,9,12-22H2,1-6H3,(H,34,37)(H,35,40)(H,36,39)/t26-,27-,28-,33+/m0/s1. The fraction of sp³-hybridized carbons (Fsp3) is 0.758. The number of rotatable bonds is 24. The summed E-state index contributed by atoms with van der Waals surface area (Å²) < 4.78 is 21.2. The van der Waals surface area contributed by atoms with Crippen LogP contribution in [0.4, 0.5) is 0 Å². The molecule has 3 N–H and O–H groups in total. The number of ether oxygens (including phenoxy) is 4. The lowest BCUT2D eigenvalue weighted by Crippen LogP contribution is -2.57. The number of Topliss-reactive ketones (excluding diaryl/α,β-unsaturated/α-hetero) is 1. The van der Waals surface area contributed by atoms with Crippen molar-refractivity contribution in [3.63, 3.8) is 0 Å². The van der Waals surface area contributed by atoms with Crippen LogP contribution < -0.4 is 16.0 Å².